The van der Waals surface area contributed by atoms with E-state index < -0.39 is 11.2 Å². The molecule has 0 bridgehead atoms. The molecule has 166 valence electrons. The van der Waals surface area contributed by atoms with Crippen LogP contribution < -0.4 is 21.9 Å². The lowest BCUT2D eigenvalue weighted by atomic mass is 10.0. The fourth-order valence-electron chi connectivity index (χ4n) is 3.35. The van der Waals surface area contributed by atoms with E-state index in [-0.39, 0.29) is 29.6 Å². The van der Waals surface area contributed by atoms with Crippen molar-refractivity contribution in [1.29, 1.82) is 0 Å². The number of hydrogen-bond donors (Lipinski definition) is 3. The van der Waals surface area contributed by atoms with Crippen LogP contribution in [0.5, 0.6) is 0 Å². The Labute approximate surface area is 187 Å². The molecule has 1 aromatic carbocycles. The van der Waals surface area contributed by atoms with Crippen LogP contribution in [0.15, 0.2) is 64.4 Å². The Balaban J connectivity index is 1.61. The van der Waals surface area contributed by atoms with Crippen LogP contribution in [0.2, 0.25) is 0 Å². The van der Waals surface area contributed by atoms with Crippen LogP contribution in [0, 0.1) is 0 Å². The van der Waals surface area contributed by atoms with Gasteiger partial charge in [0.2, 0.25) is 0 Å². The number of hydrogen-bond acceptors (Lipinski definition) is 6. The number of fused-ring (bicyclic) bond motifs is 1. The summed E-state index contributed by atoms with van der Waals surface area (Å²) in [5.74, 6) is -0.682. The quantitative estimate of drug-likeness (QED) is 0.429. The van der Waals surface area contributed by atoms with Gasteiger partial charge in [0.1, 0.15) is 5.69 Å². The average molecular weight is 444 g/mol. The summed E-state index contributed by atoms with van der Waals surface area (Å²) in [7, 11) is 1.51. The third-order valence-electron chi connectivity index (χ3n) is 5.08. The smallest absolute Gasteiger partial charge is 0.328 e. The highest BCUT2D eigenvalue weighted by Gasteiger charge is 2.12. The molecule has 0 fully saturated rings. The highest BCUT2D eigenvalue weighted by molar-refractivity contribution is 6.05. The molecule has 0 radical (unpaired) electrons. The van der Waals surface area contributed by atoms with E-state index in [2.05, 4.69) is 25.6 Å². The Morgan fingerprint density at radius 3 is 2.52 bits per heavy atom. The van der Waals surface area contributed by atoms with Crippen molar-refractivity contribution in [3.63, 3.8) is 0 Å². The van der Waals surface area contributed by atoms with E-state index in [4.69, 9.17) is 0 Å². The Morgan fingerprint density at radius 2 is 1.82 bits per heavy atom. The minimum atomic E-state index is -0.502. The molecule has 2 amide bonds. The van der Waals surface area contributed by atoms with Crippen molar-refractivity contribution in [2.75, 3.05) is 12.4 Å². The van der Waals surface area contributed by atoms with Gasteiger partial charge in [0, 0.05) is 30.9 Å². The number of carbonyl (C=O) groups excluding carboxylic acids is 2. The van der Waals surface area contributed by atoms with Gasteiger partial charge in [0.05, 0.1) is 17.4 Å². The molecular weight excluding hydrogens is 424 g/mol. The van der Waals surface area contributed by atoms with Crippen molar-refractivity contribution in [1.82, 2.24) is 24.8 Å². The zero-order chi connectivity index (χ0) is 23.5. The van der Waals surface area contributed by atoms with Crippen LogP contribution >= 0.6 is 0 Å². The van der Waals surface area contributed by atoms with E-state index in [1.807, 2.05) is 0 Å². The highest BCUT2D eigenvalue weighted by Crippen LogP contribution is 2.22. The molecule has 33 heavy (non-hydrogen) atoms. The second kappa shape index (κ2) is 8.87. The molecule has 10 heteroatoms. The number of nitrogens with one attached hydrogen (secondary N) is 3. The van der Waals surface area contributed by atoms with E-state index >= 15 is 0 Å². The number of anilines is 1. The van der Waals surface area contributed by atoms with Crippen molar-refractivity contribution in [2.45, 2.75) is 13.5 Å². The van der Waals surface area contributed by atoms with E-state index in [0.29, 0.717) is 27.9 Å². The van der Waals surface area contributed by atoms with E-state index in [1.54, 1.807) is 43.3 Å². The number of pyridine rings is 2. The van der Waals surface area contributed by atoms with Gasteiger partial charge in [0.15, 0.2) is 5.52 Å². The maximum Gasteiger partial charge on any atom is 0.328 e. The van der Waals surface area contributed by atoms with Crippen LogP contribution in [-0.2, 0) is 6.54 Å². The largest absolute Gasteiger partial charge is 0.354 e. The van der Waals surface area contributed by atoms with Gasteiger partial charge < -0.3 is 15.6 Å². The van der Waals surface area contributed by atoms with Gasteiger partial charge in [-0.2, -0.15) is 0 Å². The molecular formula is C23H20N6O4. The normalized spacial score (nSPS) is 10.7. The molecule has 0 saturated carbocycles. The Morgan fingerprint density at radius 1 is 1.00 bits per heavy atom. The fraction of sp³-hybridized carbons (Fsp3) is 0.130. The van der Waals surface area contributed by atoms with Gasteiger partial charge in [-0.05, 0) is 42.8 Å². The van der Waals surface area contributed by atoms with Gasteiger partial charge in [-0.1, -0.05) is 12.1 Å². The zero-order valence-electron chi connectivity index (χ0n) is 17.9. The molecule has 0 unspecified atom stereocenters. The SMILES string of the molecule is CCn1c(=O)[nH]c2cc(-c3cccc(C(=O)Nc4ccc(C(=O)NC)nc4)c3)cnc2c1=O. The summed E-state index contributed by atoms with van der Waals surface area (Å²) in [5, 5.41) is 5.22. The summed E-state index contributed by atoms with van der Waals surface area (Å²) in [4.78, 5) is 59.8. The number of rotatable bonds is 5. The third-order valence-corrected chi connectivity index (χ3v) is 5.08. The summed E-state index contributed by atoms with van der Waals surface area (Å²) in [5.41, 5.74) is 1.93. The average Bonchev–Trinajstić information content (AvgIpc) is 2.84. The maximum atomic E-state index is 12.7. The molecule has 3 aromatic heterocycles. The Kier molecular flexibility index (Phi) is 5.81. The monoisotopic (exact) mass is 444 g/mol. The number of benzene rings is 1. The zero-order valence-corrected chi connectivity index (χ0v) is 17.9. The van der Waals surface area contributed by atoms with Crippen molar-refractivity contribution in [3.05, 3.63) is 87.0 Å². The van der Waals surface area contributed by atoms with Crippen molar-refractivity contribution in [2.24, 2.45) is 0 Å². The molecule has 0 spiro atoms. The van der Waals surface area contributed by atoms with Crippen molar-refractivity contribution < 1.29 is 9.59 Å². The first-order valence-electron chi connectivity index (χ1n) is 10.1. The standard InChI is InChI=1S/C23H20N6O4/c1-3-29-22(32)19-18(28-23(29)33)10-15(11-26-19)13-5-4-6-14(9-13)20(30)27-16-7-8-17(25-12-16)21(31)24-2/h4-12H,3H2,1-2H3,(H,24,31)(H,27,30)(H,28,33). The van der Waals surface area contributed by atoms with Crippen LogP contribution in [0.4, 0.5) is 5.69 Å². The van der Waals surface area contributed by atoms with E-state index in [0.717, 1.165) is 4.57 Å². The predicted octanol–water partition coefficient (Wildman–Crippen LogP) is 1.78. The summed E-state index contributed by atoms with van der Waals surface area (Å²) < 4.78 is 1.08. The van der Waals surface area contributed by atoms with Gasteiger partial charge in [-0.25, -0.2) is 14.8 Å². The molecule has 0 aliphatic rings. The highest BCUT2D eigenvalue weighted by atomic mass is 16.2. The van der Waals surface area contributed by atoms with Crippen LogP contribution in [0.25, 0.3) is 22.2 Å². The second-order valence-electron chi connectivity index (χ2n) is 7.15. The van der Waals surface area contributed by atoms with Crippen molar-refractivity contribution in [3.8, 4) is 11.1 Å². The second-order valence-corrected chi connectivity index (χ2v) is 7.15. The maximum absolute atomic E-state index is 12.7. The first kappa shape index (κ1) is 21.6. The molecule has 10 nitrogen and oxygen atoms in total. The first-order chi connectivity index (χ1) is 15.9. The van der Waals surface area contributed by atoms with Gasteiger partial charge in [-0.15, -0.1) is 0 Å². The number of nitrogens with zero attached hydrogens (tertiary/aromatic N) is 3. The lowest BCUT2D eigenvalue weighted by Crippen LogP contribution is -2.34. The third kappa shape index (κ3) is 4.26. The van der Waals surface area contributed by atoms with Crippen LogP contribution in [-0.4, -0.2) is 38.4 Å². The number of aromatic amines is 1. The molecule has 4 aromatic rings. The molecule has 0 atom stereocenters. The summed E-state index contributed by atoms with van der Waals surface area (Å²) in [6.07, 6.45) is 2.93. The number of carbonyl (C=O) groups is 2. The molecule has 3 N–H and O–H groups in total. The van der Waals surface area contributed by atoms with E-state index in [9.17, 15) is 19.2 Å². The van der Waals surface area contributed by atoms with Crippen LogP contribution in [0.3, 0.4) is 0 Å². The van der Waals surface area contributed by atoms with E-state index in [1.165, 1.54) is 25.5 Å². The summed E-state index contributed by atoms with van der Waals surface area (Å²) in [6.45, 7) is 1.95. The summed E-state index contributed by atoms with van der Waals surface area (Å²) >= 11 is 0. The minimum Gasteiger partial charge on any atom is -0.354 e. The Bertz CT molecular complexity index is 1490. The number of aromatic nitrogens is 4. The van der Waals surface area contributed by atoms with Gasteiger partial charge in [0.25, 0.3) is 17.4 Å². The first-order valence-corrected chi connectivity index (χ1v) is 10.1. The predicted molar refractivity (Wildman–Crippen MR) is 123 cm³/mol. The van der Waals surface area contributed by atoms with Gasteiger partial charge in [-0.3, -0.25) is 19.0 Å². The lowest BCUT2D eigenvalue weighted by Gasteiger charge is -2.09. The Hall–Kier alpha value is -4.60. The lowest BCUT2D eigenvalue weighted by molar-refractivity contribution is 0.0957. The number of H-pyrrole nitrogens is 1. The number of amides is 2. The summed E-state index contributed by atoms with van der Waals surface area (Å²) in [6, 6.07) is 11.6. The molecule has 0 aliphatic heterocycles. The minimum absolute atomic E-state index is 0.168. The van der Waals surface area contributed by atoms with Gasteiger partial charge >= 0.3 is 5.69 Å². The molecule has 4 rings (SSSR count). The fourth-order valence-corrected chi connectivity index (χ4v) is 3.35. The topological polar surface area (TPSA) is 139 Å². The van der Waals surface area contributed by atoms with Crippen LogP contribution in [0.1, 0.15) is 27.8 Å². The van der Waals surface area contributed by atoms with Crippen molar-refractivity contribution >= 4 is 28.5 Å². The molecule has 3 heterocycles. The molecule has 0 saturated heterocycles. The molecule has 0 aliphatic carbocycles.